The first-order valence-electron chi connectivity index (χ1n) is 8.15. The number of nitrogens with zero attached hydrogens (tertiary/aromatic N) is 6. The van der Waals surface area contributed by atoms with Crippen molar-refractivity contribution in [1.82, 2.24) is 29.7 Å². The number of para-hydroxylation sites is 1. The predicted octanol–water partition coefficient (Wildman–Crippen LogP) is 1.36. The fourth-order valence-corrected chi connectivity index (χ4v) is 2.96. The molecule has 0 aliphatic carbocycles. The minimum absolute atomic E-state index is 0.155. The van der Waals surface area contributed by atoms with Crippen molar-refractivity contribution in [2.45, 2.75) is 19.2 Å². The molecule has 0 spiro atoms. The molecule has 0 amide bonds. The molecule has 1 aliphatic rings. The summed E-state index contributed by atoms with van der Waals surface area (Å²) in [7, 11) is 0. The van der Waals surface area contributed by atoms with Crippen molar-refractivity contribution < 1.29 is 4.74 Å². The Morgan fingerprint density at radius 3 is 2.92 bits per heavy atom. The van der Waals surface area contributed by atoms with E-state index < -0.39 is 0 Å². The fraction of sp³-hybridized carbons (Fsp3) is 0.353. The van der Waals surface area contributed by atoms with Gasteiger partial charge in [0.25, 0.3) is 0 Å². The molecular weight excluding hydrogens is 304 g/mol. The maximum absolute atomic E-state index is 5.85. The number of benzene rings is 1. The van der Waals surface area contributed by atoms with Crippen LogP contribution in [0.1, 0.15) is 5.69 Å². The lowest BCUT2D eigenvalue weighted by atomic mass is 10.2. The van der Waals surface area contributed by atoms with Gasteiger partial charge < -0.3 is 4.74 Å². The van der Waals surface area contributed by atoms with E-state index in [0.717, 1.165) is 44.2 Å². The highest BCUT2D eigenvalue weighted by Gasteiger charge is 2.22. The van der Waals surface area contributed by atoms with Gasteiger partial charge in [-0.2, -0.15) is 5.10 Å². The molecule has 3 aromatic rings. The van der Waals surface area contributed by atoms with Crippen LogP contribution in [0.25, 0.3) is 5.69 Å². The van der Waals surface area contributed by atoms with Gasteiger partial charge >= 0.3 is 0 Å². The normalized spacial score (nSPS) is 18.8. The fourth-order valence-electron chi connectivity index (χ4n) is 2.96. The van der Waals surface area contributed by atoms with Crippen LogP contribution in [0.5, 0.6) is 0 Å². The Labute approximate surface area is 140 Å². The molecule has 2 aromatic heterocycles. The highest BCUT2D eigenvalue weighted by molar-refractivity contribution is 5.29. The maximum atomic E-state index is 5.85. The molecule has 1 atom stereocenters. The molecule has 0 N–H and O–H groups in total. The monoisotopic (exact) mass is 324 g/mol. The Kier molecular flexibility index (Phi) is 4.35. The standard InChI is InChI=1S/C17H20N6O/c1-2-5-16(6-3-1)23-12-15(19-20-23)11-21-9-10-24-17(13-21)14-22-8-4-7-18-22/h1-8,12,17H,9-11,13-14H2/t17-/m0/s1. The second kappa shape index (κ2) is 6.94. The second-order valence-electron chi connectivity index (χ2n) is 5.95. The highest BCUT2D eigenvalue weighted by atomic mass is 16.5. The maximum Gasteiger partial charge on any atom is 0.0971 e. The number of morpholine rings is 1. The summed E-state index contributed by atoms with van der Waals surface area (Å²) < 4.78 is 9.58. The van der Waals surface area contributed by atoms with E-state index in [9.17, 15) is 0 Å². The lowest BCUT2D eigenvalue weighted by Gasteiger charge is -2.32. The Bertz CT molecular complexity index is 755. The zero-order chi connectivity index (χ0) is 16.2. The van der Waals surface area contributed by atoms with Gasteiger partial charge in [-0.1, -0.05) is 23.4 Å². The van der Waals surface area contributed by atoms with E-state index in [-0.39, 0.29) is 6.10 Å². The lowest BCUT2D eigenvalue weighted by Crippen LogP contribution is -2.43. The molecule has 1 aliphatic heterocycles. The van der Waals surface area contributed by atoms with E-state index in [1.165, 1.54) is 0 Å². The van der Waals surface area contributed by atoms with Crippen LogP contribution in [-0.2, 0) is 17.8 Å². The van der Waals surface area contributed by atoms with E-state index in [1.807, 2.05) is 58.2 Å². The van der Waals surface area contributed by atoms with Gasteiger partial charge in [0, 0.05) is 32.0 Å². The first-order valence-corrected chi connectivity index (χ1v) is 8.15. The molecule has 124 valence electrons. The third-order valence-corrected chi connectivity index (χ3v) is 4.12. The first-order chi connectivity index (χ1) is 11.9. The smallest absolute Gasteiger partial charge is 0.0971 e. The molecule has 0 unspecified atom stereocenters. The zero-order valence-corrected chi connectivity index (χ0v) is 13.4. The summed E-state index contributed by atoms with van der Waals surface area (Å²) in [5.41, 5.74) is 1.99. The van der Waals surface area contributed by atoms with E-state index in [4.69, 9.17) is 4.74 Å². The topological polar surface area (TPSA) is 61.0 Å². The summed E-state index contributed by atoms with van der Waals surface area (Å²) >= 11 is 0. The second-order valence-corrected chi connectivity index (χ2v) is 5.95. The summed E-state index contributed by atoms with van der Waals surface area (Å²) in [6.45, 7) is 4.08. The predicted molar refractivity (Wildman–Crippen MR) is 88.6 cm³/mol. The van der Waals surface area contributed by atoms with E-state index >= 15 is 0 Å². The summed E-state index contributed by atoms with van der Waals surface area (Å²) in [6, 6.07) is 12.0. The number of aromatic nitrogens is 5. The Morgan fingerprint density at radius 1 is 1.17 bits per heavy atom. The molecule has 4 rings (SSSR count). The lowest BCUT2D eigenvalue weighted by molar-refractivity contribution is -0.0405. The molecule has 0 bridgehead atoms. The van der Waals surface area contributed by atoms with Gasteiger partial charge in [0.15, 0.2) is 0 Å². The van der Waals surface area contributed by atoms with E-state index in [1.54, 1.807) is 6.20 Å². The minimum atomic E-state index is 0.155. The van der Waals surface area contributed by atoms with Crippen molar-refractivity contribution in [3.63, 3.8) is 0 Å². The third kappa shape index (κ3) is 3.52. The molecular formula is C17H20N6O. The molecule has 0 radical (unpaired) electrons. The summed E-state index contributed by atoms with van der Waals surface area (Å²) in [5.74, 6) is 0. The number of rotatable bonds is 5. The van der Waals surface area contributed by atoms with Crippen molar-refractivity contribution in [2.75, 3.05) is 19.7 Å². The van der Waals surface area contributed by atoms with Gasteiger partial charge in [0.05, 0.1) is 36.8 Å². The average molecular weight is 324 g/mol. The van der Waals surface area contributed by atoms with Gasteiger partial charge in [-0.15, -0.1) is 5.10 Å². The molecule has 1 saturated heterocycles. The minimum Gasteiger partial charge on any atom is -0.374 e. The van der Waals surface area contributed by atoms with Crippen molar-refractivity contribution in [1.29, 1.82) is 0 Å². The SMILES string of the molecule is c1ccc(-n2cc(CN3CCO[C@H](Cn4cccn4)C3)nn2)cc1. The molecule has 3 heterocycles. The van der Waals surface area contributed by atoms with Crippen LogP contribution >= 0.6 is 0 Å². The zero-order valence-electron chi connectivity index (χ0n) is 13.4. The Morgan fingerprint density at radius 2 is 2.08 bits per heavy atom. The van der Waals surface area contributed by atoms with Crippen molar-refractivity contribution in [3.8, 4) is 5.69 Å². The van der Waals surface area contributed by atoms with Crippen LogP contribution in [-0.4, -0.2) is 55.5 Å². The van der Waals surface area contributed by atoms with Crippen molar-refractivity contribution >= 4 is 0 Å². The molecule has 0 saturated carbocycles. The average Bonchev–Trinajstić information content (AvgIpc) is 3.28. The van der Waals surface area contributed by atoms with Gasteiger partial charge in [0.1, 0.15) is 0 Å². The summed E-state index contributed by atoms with van der Waals surface area (Å²) in [5, 5.41) is 12.8. The Balaban J connectivity index is 1.37. The van der Waals surface area contributed by atoms with Crippen LogP contribution in [0.2, 0.25) is 0 Å². The molecule has 7 nitrogen and oxygen atoms in total. The van der Waals surface area contributed by atoms with Gasteiger partial charge in [0.2, 0.25) is 0 Å². The van der Waals surface area contributed by atoms with Crippen LogP contribution in [0, 0.1) is 0 Å². The summed E-state index contributed by atoms with van der Waals surface area (Å²) in [6.07, 6.45) is 5.91. The number of hydrogen-bond donors (Lipinski definition) is 0. The van der Waals surface area contributed by atoms with Crippen LogP contribution in [0.4, 0.5) is 0 Å². The molecule has 1 fully saturated rings. The van der Waals surface area contributed by atoms with E-state index in [2.05, 4.69) is 20.3 Å². The number of ether oxygens (including phenoxy) is 1. The van der Waals surface area contributed by atoms with Crippen molar-refractivity contribution in [2.24, 2.45) is 0 Å². The van der Waals surface area contributed by atoms with Gasteiger partial charge in [-0.3, -0.25) is 9.58 Å². The summed E-state index contributed by atoms with van der Waals surface area (Å²) in [4.78, 5) is 2.36. The third-order valence-electron chi connectivity index (χ3n) is 4.12. The largest absolute Gasteiger partial charge is 0.374 e. The highest BCUT2D eigenvalue weighted by Crippen LogP contribution is 2.12. The molecule has 7 heteroatoms. The van der Waals surface area contributed by atoms with Crippen molar-refractivity contribution in [3.05, 3.63) is 60.7 Å². The van der Waals surface area contributed by atoms with Crippen LogP contribution in [0.15, 0.2) is 55.0 Å². The number of hydrogen-bond acceptors (Lipinski definition) is 5. The van der Waals surface area contributed by atoms with E-state index in [0.29, 0.717) is 0 Å². The van der Waals surface area contributed by atoms with Crippen LogP contribution in [0.3, 0.4) is 0 Å². The Hall–Kier alpha value is -2.51. The molecule has 24 heavy (non-hydrogen) atoms. The van der Waals surface area contributed by atoms with Crippen LogP contribution < -0.4 is 0 Å². The molecule has 1 aromatic carbocycles. The van der Waals surface area contributed by atoms with Gasteiger partial charge in [-0.25, -0.2) is 4.68 Å². The quantitative estimate of drug-likeness (QED) is 0.709. The van der Waals surface area contributed by atoms with Gasteiger partial charge in [-0.05, 0) is 18.2 Å². The first kappa shape index (κ1) is 15.0.